The molecule has 0 bridgehead atoms. The monoisotopic (exact) mass is 274 g/mol. The number of likely N-dealkylation sites (tertiary alicyclic amines) is 1. The molecule has 0 saturated carbocycles. The normalized spacial score (nSPS) is 22.4. The fourth-order valence-corrected chi connectivity index (χ4v) is 2.86. The summed E-state index contributed by atoms with van der Waals surface area (Å²) in [5.41, 5.74) is 1.46. The third kappa shape index (κ3) is 3.86. The molecule has 0 aromatic heterocycles. The van der Waals surface area contributed by atoms with Crippen LogP contribution in [0.3, 0.4) is 0 Å². The number of carbonyl (C=O) groups excluding carboxylic acids is 2. The molecule has 0 aromatic carbocycles. The van der Waals surface area contributed by atoms with Crippen molar-refractivity contribution in [1.29, 1.82) is 0 Å². The van der Waals surface area contributed by atoms with Crippen molar-refractivity contribution in [3.05, 3.63) is 11.6 Å². The van der Waals surface area contributed by atoms with E-state index in [2.05, 4.69) is 17.3 Å². The molecule has 1 saturated heterocycles. The Balaban J connectivity index is 1.79. The number of hydrogen-bond donors (Lipinski definition) is 1. The molecule has 0 aromatic rings. The van der Waals surface area contributed by atoms with Crippen LogP contribution < -0.4 is 5.32 Å². The van der Waals surface area contributed by atoms with Gasteiger partial charge in [0.2, 0.25) is 11.8 Å². The van der Waals surface area contributed by atoms with Crippen molar-refractivity contribution < 1.29 is 9.59 Å². The van der Waals surface area contributed by atoms with Crippen molar-refractivity contribution in [2.24, 2.45) is 5.92 Å². The van der Waals surface area contributed by atoms with Gasteiger partial charge in [0.05, 0.1) is 12.5 Å². The minimum atomic E-state index is -0.240. The summed E-state index contributed by atoms with van der Waals surface area (Å²) >= 11 is 0. The number of nitrogens with zero attached hydrogens (tertiary/aromatic N) is 1. The van der Waals surface area contributed by atoms with E-state index in [-0.39, 0.29) is 24.3 Å². The molecular formula is C16H22N2O2. The summed E-state index contributed by atoms with van der Waals surface area (Å²) in [5, 5.41) is 2.66. The van der Waals surface area contributed by atoms with Crippen molar-refractivity contribution in [2.45, 2.75) is 38.5 Å². The van der Waals surface area contributed by atoms with Gasteiger partial charge in [-0.25, -0.2) is 0 Å². The molecule has 1 unspecified atom stereocenters. The van der Waals surface area contributed by atoms with Crippen LogP contribution in [-0.2, 0) is 9.59 Å². The maximum atomic E-state index is 11.9. The van der Waals surface area contributed by atoms with E-state index in [0.717, 1.165) is 19.4 Å². The zero-order valence-corrected chi connectivity index (χ0v) is 11.9. The summed E-state index contributed by atoms with van der Waals surface area (Å²) in [5.74, 6) is 2.12. The van der Waals surface area contributed by atoms with Crippen LogP contribution in [-0.4, -0.2) is 36.3 Å². The van der Waals surface area contributed by atoms with E-state index in [9.17, 15) is 9.59 Å². The first-order valence-corrected chi connectivity index (χ1v) is 7.37. The minimum absolute atomic E-state index is 0.0854. The molecular weight excluding hydrogens is 252 g/mol. The Hall–Kier alpha value is -1.76. The van der Waals surface area contributed by atoms with Crippen LogP contribution in [0.15, 0.2) is 11.6 Å². The number of terminal acetylenes is 1. The predicted octanol–water partition coefficient (Wildman–Crippen LogP) is 1.47. The Bertz CT molecular complexity index is 448. The average molecular weight is 274 g/mol. The second-order valence-corrected chi connectivity index (χ2v) is 5.52. The first kappa shape index (κ1) is 14.6. The minimum Gasteiger partial charge on any atom is -0.345 e. The maximum absolute atomic E-state index is 11.9. The summed E-state index contributed by atoms with van der Waals surface area (Å²) in [7, 11) is 0. The van der Waals surface area contributed by atoms with Gasteiger partial charge >= 0.3 is 0 Å². The molecule has 4 heteroatoms. The third-order valence-corrected chi connectivity index (χ3v) is 4.04. The number of nitrogens with one attached hydrogen (secondary N) is 1. The van der Waals surface area contributed by atoms with Gasteiger partial charge in [0, 0.05) is 19.5 Å². The first-order valence-electron chi connectivity index (χ1n) is 7.37. The van der Waals surface area contributed by atoms with E-state index >= 15 is 0 Å². The highest BCUT2D eigenvalue weighted by Gasteiger charge is 2.33. The van der Waals surface area contributed by atoms with Gasteiger partial charge < -0.3 is 10.2 Å². The van der Waals surface area contributed by atoms with E-state index in [4.69, 9.17) is 6.42 Å². The summed E-state index contributed by atoms with van der Waals surface area (Å²) in [6, 6.07) is 0. The molecule has 2 amide bonds. The predicted molar refractivity (Wildman–Crippen MR) is 77.7 cm³/mol. The summed E-state index contributed by atoms with van der Waals surface area (Å²) in [6.45, 7) is 1.50. The second-order valence-electron chi connectivity index (χ2n) is 5.52. The smallest absolute Gasteiger partial charge is 0.226 e. The average Bonchev–Trinajstić information content (AvgIpc) is 2.85. The first-order chi connectivity index (χ1) is 9.70. The van der Waals surface area contributed by atoms with Gasteiger partial charge in [0.1, 0.15) is 0 Å². The molecule has 1 aliphatic carbocycles. The Morgan fingerprint density at radius 2 is 2.35 bits per heavy atom. The fourth-order valence-electron chi connectivity index (χ4n) is 2.86. The molecule has 2 rings (SSSR count). The highest BCUT2D eigenvalue weighted by atomic mass is 16.2. The van der Waals surface area contributed by atoms with Gasteiger partial charge in [0.15, 0.2) is 0 Å². The summed E-state index contributed by atoms with van der Waals surface area (Å²) in [6.07, 6.45) is 13.6. The molecule has 108 valence electrons. The zero-order valence-electron chi connectivity index (χ0n) is 11.9. The number of amides is 2. The van der Waals surface area contributed by atoms with Gasteiger partial charge in [-0.05, 0) is 32.1 Å². The van der Waals surface area contributed by atoms with E-state index in [1.807, 2.05) is 4.90 Å². The lowest BCUT2D eigenvalue weighted by atomic mass is 9.97. The molecule has 0 radical (unpaired) electrons. The SMILES string of the molecule is C#CCNC(=O)C1CC(=O)N(CCC2=CCCCC2)C1. The van der Waals surface area contributed by atoms with Crippen LogP contribution in [0.2, 0.25) is 0 Å². The summed E-state index contributed by atoms with van der Waals surface area (Å²) < 4.78 is 0. The van der Waals surface area contributed by atoms with Gasteiger partial charge in [-0.3, -0.25) is 9.59 Å². The number of allylic oxidation sites excluding steroid dienone is 1. The molecule has 2 aliphatic rings. The Morgan fingerprint density at radius 3 is 3.05 bits per heavy atom. The van der Waals surface area contributed by atoms with Crippen LogP contribution in [0.5, 0.6) is 0 Å². The lowest BCUT2D eigenvalue weighted by Gasteiger charge is -2.19. The lowest BCUT2D eigenvalue weighted by molar-refractivity contribution is -0.128. The van der Waals surface area contributed by atoms with Gasteiger partial charge in [-0.2, -0.15) is 0 Å². The standard InChI is InChI=1S/C16H22N2O2/c1-2-9-17-16(20)14-11-15(19)18(12-14)10-8-13-6-4-3-5-7-13/h1,6,14H,3-5,7-12H2,(H,17,20). The molecule has 1 heterocycles. The van der Waals surface area contributed by atoms with Gasteiger partial charge in [-0.1, -0.05) is 17.6 Å². The maximum Gasteiger partial charge on any atom is 0.226 e. The highest BCUT2D eigenvalue weighted by molar-refractivity contribution is 5.89. The number of carbonyl (C=O) groups is 2. The second kappa shape index (κ2) is 7.14. The van der Waals surface area contributed by atoms with Gasteiger partial charge in [-0.15, -0.1) is 6.42 Å². The lowest BCUT2D eigenvalue weighted by Crippen LogP contribution is -2.33. The van der Waals surface area contributed by atoms with Crippen LogP contribution in [0.4, 0.5) is 0 Å². The number of rotatable bonds is 5. The topological polar surface area (TPSA) is 49.4 Å². The van der Waals surface area contributed by atoms with E-state index in [1.165, 1.54) is 24.8 Å². The molecule has 0 spiro atoms. The van der Waals surface area contributed by atoms with Crippen LogP contribution in [0.1, 0.15) is 38.5 Å². The van der Waals surface area contributed by atoms with Crippen molar-refractivity contribution >= 4 is 11.8 Å². The summed E-state index contributed by atoms with van der Waals surface area (Å²) in [4.78, 5) is 25.5. The molecule has 1 fully saturated rings. The van der Waals surface area contributed by atoms with Crippen molar-refractivity contribution in [2.75, 3.05) is 19.6 Å². The third-order valence-electron chi connectivity index (χ3n) is 4.04. The molecule has 1 aliphatic heterocycles. The molecule has 4 nitrogen and oxygen atoms in total. The van der Waals surface area contributed by atoms with Crippen LogP contribution in [0.25, 0.3) is 0 Å². The zero-order chi connectivity index (χ0) is 14.4. The largest absolute Gasteiger partial charge is 0.345 e. The van der Waals surface area contributed by atoms with Crippen molar-refractivity contribution in [3.8, 4) is 12.3 Å². The Labute approximate surface area is 120 Å². The van der Waals surface area contributed by atoms with E-state index < -0.39 is 0 Å². The van der Waals surface area contributed by atoms with E-state index in [0.29, 0.717) is 13.0 Å². The fraction of sp³-hybridized carbons (Fsp3) is 0.625. The van der Waals surface area contributed by atoms with Crippen LogP contribution in [0, 0.1) is 18.3 Å². The highest BCUT2D eigenvalue weighted by Crippen LogP contribution is 2.23. The molecule has 1 atom stereocenters. The quantitative estimate of drug-likeness (QED) is 0.610. The van der Waals surface area contributed by atoms with E-state index in [1.54, 1.807) is 0 Å². The Kier molecular flexibility index (Phi) is 5.23. The number of hydrogen-bond acceptors (Lipinski definition) is 2. The molecule has 1 N–H and O–H groups in total. The van der Waals surface area contributed by atoms with Crippen molar-refractivity contribution in [3.63, 3.8) is 0 Å². The van der Waals surface area contributed by atoms with Crippen molar-refractivity contribution in [1.82, 2.24) is 10.2 Å². The Morgan fingerprint density at radius 1 is 1.50 bits per heavy atom. The van der Waals surface area contributed by atoms with Gasteiger partial charge in [0.25, 0.3) is 0 Å². The van der Waals surface area contributed by atoms with Crippen LogP contribution >= 0.6 is 0 Å². The molecule has 20 heavy (non-hydrogen) atoms.